The molecule has 0 radical (unpaired) electrons. The first-order valence-corrected chi connectivity index (χ1v) is 10.9. The summed E-state index contributed by atoms with van der Waals surface area (Å²) < 4.78 is 28.3. The molecule has 27 heavy (non-hydrogen) atoms. The average molecular weight is 393 g/mol. The minimum atomic E-state index is -3.42. The largest absolute Gasteiger partial charge is 0.360 e. The van der Waals surface area contributed by atoms with Gasteiger partial charge in [-0.05, 0) is 13.0 Å². The standard InChI is InChI=1S/C19H28N4O3S/c1-4-22(5-2)27(25,26)23-12-10-21(11-13-23)15(3)19(24)17-14-20-18-9-7-6-8-16(17)18/h6-9,14-15,20H,4-5,10-13H2,1-3H3. The van der Waals surface area contributed by atoms with Gasteiger partial charge < -0.3 is 4.98 Å². The number of hydrogen-bond donors (Lipinski definition) is 1. The lowest BCUT2D eigenvalue weighted by molar-refractivity contribution is 0.0780. The molecule has 1 fully saturated rings. The van der Waals surface area contributed by atoms with Crippen LogP contribution in [0.1, 0.15) is 31.1 Å². The van der Waals surface area contributed by atoms with Gasteiger partial charge in [-0.3, -0.25) is 9.69 Å². The Morgan fingerprint density at radius 3 is 2.41 bits per heavy atom. The lowest BCUT2D eigenvalue weighted by atomic mass is 10.0. The highest BCUT2D eigenvalue weighted by atomic mass is 32.2. The van der Waals surface area contributed by atoms with Gasteiger partial charge >= 0.3 is 0 Å². The topological polar surface area (TPSA) is 76.7 Å². The fourth-order valence-electron chi connectivity index (χ4n) is 3.70. The number of nitrogens with one attached hydrogen (secondary N) is 1. The van der Waals surface area contributed by atoms with E-state index in [0.717, 1.165) is 10.9 Å². The Bertz CT molecular complexity index is 897. The van der Waals surface area contributed by atoms with E-state index in [0.29, 0.717) is 44.8 Å². The van der Waals surface area contributed by atoms with Crippen molar-refractivity contribution in [1.82, 2.24) is 18.5 Å². The number of ketones is 1. The average Bonchev–Trinajstić information content (AvgIpc) is 3.12. The minimum Gasteiger partial charge on any atom is -0.360 e. The normalized spacial score (nSPS) is 18.2. The van der Waals surface area contributed by atoms with Crippen LogP contribution in [0.5, 0.6) is 0 Å². The molecule has 148 valence electrons. The van der Waals surface area contributed by atoms with Crippen LogP contribution in [-0.2, 0) is 10.2 Å². The molecule has 1 aliphatic heterocycles. The molecule has 0 spiro atoms. The number of nitrogens with zero attached hydrogens (tertiary/aromatic N) is 3. The van der Waals surface area contributed by atoms with E-state index in [1.807, 2.05) is 45.0 Å². The maximum absolute atomic E-state index is 13.0. The van der Waals surface area contributed by atoms with Gasteiger partial charge in [0.15, 0.2) is 5.78 Å². The zero-order valence-corrected chi connectivity index (χ0v) is 17.0. The van der Waals surface area contributed by atoms with E-state index in [4.69, 9.17) is 0 Å². The summed E-state index contributed by atoms with van der Waals surface area (Å²) in [4.78, 5) is 18.2. The fraction of sp³-hybridized carbons (Fsp3) is 0.526. The van der Waals surface area contributed by atoms with Crippen molar-refractivity contribution in [2.45, 2.75) is 26.8 Å². The molecule has 2 heterocycles. The molecule has 0 saturated carbocycles. The van der Waals surface area contributed by atoms with E-state index < -0.39 is 10.2 Å². The molecule has 1 saturated heterocycles. The first-order chi connectivity index (χ1) is 12.9. The zero-order valence-electron chi connectivity index (χ0n) is 16.2. The second-order valence-electron chi connectivity index (χ2n) is 6.82. The van der Waals surface area contributed by atoms with Crippen LogP contribution in [0.4, 0.5) is 0 Å². The second-order valence-corrected chi connectivity index (χ2v) is 8.74. The molecule has 1 unspecified atom stereocenters. The van der Waals surface area contributed by atoms with E-state index in [-0.39, 0.29) is 11.8 Å². The molecule has 1 N–H and O–H groups in total. The number of fused-ring (bicyclic) bond motifs is 1. The summed E-state index contributed by atoms with van der Waals surface area (Å²) in [6.45, 7) is 8.44. The lowest BCUT2D eigenvalue weighted by Gasteiger charge is -2.38. The first-order valence-electron chi connectivity index (χ1n) is 9.49. The Morgan fingerprint density at radius 2 is 1.78 bits per heavy atom. The minimum absolute atomic E-state index is 0.0625. The van der Waals surface area contributed by atoms with E-state index in [2.05, 4.69) is 9.88 Å². The lowest BCUT2D eigenvalue weighted by Crippen LogP contribution is -2.55. The number of para-hydroxylation sites is 1. The third kappa shape index (κ3) is 3.80. The molecule has 1 aromatic heterocycles. The molecule has 0 bridgehead atoms. The third-order valence-corrected chi connectivity index (χ3v) is 7.60. The first kappa shape index (κ1) is 20.0. The molecule has 8 heteroatoms. The monoisotopic (exact) mass is 392 g/mol. The molecule has 7 nitrogen and oxygen atoms in total. The van der Waals surface area contributed by atoms with Crippen molar-refractivity contribution in [3.05, 3.63) is 36.0 Å². The summed E-state index contributed by atoms with van der Waals surface area (Å²) in [6, 6.07) is 7.47. The van der Waals surface area contributed by atoms with Crippen LogP contribution in [0, 0.1) is 0 Å². The van der Waals surface area contributed by atoms with Crippen molar-refractivity contribution in [3.8, 4) is 0 Å². The van der Waals surface area contributed by atoms with Crippen molar-refractivity contribution >= 4 is 26.9 Å². The summed E-state index contributed by atoms with van der Waals surface area (Å²) in [5.41, 5.74) is 1.64. The number of carbonyl (C=O) groups is 1. The van der Waals surface area contributed by atoms with Crippen molar-refractivity contribution in [2.75, 3.05) is 39.3 Å². The van der Waals surface area contributed by atoms with Gasteiger partial charge in [-0.15, -0.1) is 0 Å². The van der Waals surface area contributed by atoms with E-state index in [1.54, 1.807) is 6.20 Å². The van der Waals surface area contributed by atoms with Crippen LogP contribution in [-0.4, -0.2) is 78.0 Å². The summed E-state index contributed by atoms with van der Waals surface area (Å²) in [7, 11) is -3.42. The summed E-state index contributed by atoms with van der Waals surface area (Å²) in [5.74, 6) is 0.0625. The maximum atomic E-state index is 13.0. The number of aromatic amines is 1. The molecule has 0 amide bonds. The Morgan fingerprint density at radius 1 is 1.15 bits per heavy atom. The number of piperazine rings is 1. The number of Topliss-reactive ketones (excluding diaryl/α,β-unsaturated/α-hetero) is 1. The van der Waals surface area contributed by atoms with Crippen LogP contribution < -0.4 is 0 Å². The van der Waals surface area contributed by atoms with Crippen LogP contribution in [0.25, 0.3) is 10.9 Å². The van der Waals surface area contributed by atoms with Gasteiger partial charge in [0.2, 0.25) is 0 Å². The molecule has 0 aliphatic carbocycles. The molecule has 3 rings (SSSR count). The van der Waals surface area contributed by atoms with Crippen LogP contribution in [0.3, 0.4) is 0 Å². The van der Waals surface area contributed by atoms with E-state index in [1.165, 1.54) is 8.61 Å². The van der Waals surface area contributed by atoms with Crippen LogP contribution >= 0.6 is 0 Å². The summed E-state index contributed by atoms with van der Waals surface area (Å²) >= 11 is 0. The van der Waals surface area contributed by atoms with Crippen molar-refractivity contribution in [2.24, 2.45) is 0 Å². The second kappa shape index (κ2) is 8.10. The van der Waals surface area contributed by atoms with E-state index >= 15 is 0 Å². The van der Waals surface area contributed by atoms with Gasteiger partial charge in [0, 0.05) is 61.9 Å². The highest BCUT2D eigenvalue weighted by Gasteiger charge is 2.33. The summed E-state index contributed by atoms with van der Waals surface area (Å²) in [6.07, 6.45) is 1.77. The van der Waals surface area contributed by atoms with Crippen LogP contribution in [0.2, 0.25) is 0 Å². The Kier molecular flexibility index (Phi) is 6.00. The smallest absolute Gasteiger partial charge is 0.282 e. The fourth-order valence-corrected chi connectivity index (χ4v) is 5.30. The predicted molar refractivity (Wildman–Crippen MR) is 107 cm³/mol. The highest BCUT2D eigenvalue weighted by molar-refractivity contribution is 7.86. The molecule has 1 atom stereocenters. The summed E-state index contributed by atoms with van der Waals surface area (Å²) in [5, 5.41) is 0.928. The SMILES string of the molecule is CCN(CC)S(=O)(=O)N1CCN(C(C)C(=O)c2c[nH]c3ccccc23)CC1. The van der Waals surface area contributed by atoms with Gasteiger partial charge in [0.05, 0.1) is 6.04 Å². The number of aromatic nitrogens is 1. The molecule has 2 aromatic rings. The number of benzene rings is 1. The van der Waals surface area contributed by atoms with Gasteiger partial charge in [-0.25, -0.2) is 0 Å². The Hall–Kier alpha value is -1.74. The molecular weight excluding hydrogens is 364 g/mol. The Labute approximate surface area is 161 Å². The predicted octanol–water partition coefficient (Wildman–Crippen LogP) is 1.94. The number of hydrogen-bond acceptors (Lipinski definition) is 4. The van der Waals surface area contributed by atoms with Crippen molar-refractivity contribution in [1.29, 1.82) is 0 Å². The van der Waals surface area contributed by atoms with Gasteiger partial charge in [0.25, 0.3) is 10.2 Å². The molecule has 1 aliphatic rings. The van der Waals surface area contributed by atoms with E-state index in [9.17, 15) is 13.2 Å². The van der Waals surface area contributed by atoms with Gasteiger partial charge in [-0.2, -0.15) is 17.0 Å². The van der Waals surface area contributed by atoms with Gasteiger partial charge in [0.1, 0.15) is 0 Å². The van der Waals surface area contributed by atoms with Crippen molar-refractivity contribution < 1.29 is 13.2 Å². The molecular formula is C19H28N4O3S. The zero-order chi connectivity index (χ0) is 19.6. The van der Waals surface area contributed by atoms with Crippen molar-refractivity contribution in [3.63, 3.8) is 0 Å². The quantitative estimate of drug-likeness (QED) is 0.731. The van der Waals surface area contributed by atoms with Gasteiger partial charge in [-0.1, -0.05) is 32.0 Å². The van der Waals surface area contributed by atoms with Crippen LogP contribution in [0.15, 0.2) is 30.5 Å². The highest BCUT2D eigenvalue weighted by Crippen LogP contribution is 2.21. The molecule has 1 aromatic carbocycles. The number of carbonyl (C=O) groups excluding carboxylic acids is 1. The Balaban J connectivity index is 1.68. The third-order valence-electron chi connectivity index (χ3n) is 5.41. The number of H-pyrrole nitrogens is 1. The number of rotatable bonds is 7. The maximum Gasteiger partial charge on any atom is 0.282 e.